The van der Waals surface area contributed by atoms with Gasteiger partial charge >= 0.3 is 0 Å². The van der Waals surface area contributed by atoms with Gasteiger partial charge in [-0.2, -0.15) is 0 Å². The number of aliphatic hydroxyl groups excluding tert-OH is 5. The zero-order valence-corrected chi connectivity index (χ0v) is 20.7. The summed E-state index contributed by atoms with van der Waals surface area (Å²) in [6.45, 7) is -0.562. The van der Waals surface area contributed by atoms with Gasteiger partial charge in [0.15, 0.2) is 29.3 Å². The molecule has 0 spiro atoms. The first-order valence-electron chi connectivity index (χ1n) is 12.1. The van der Waals surface area contributed by atoms with Gasteiger partial charge in [-0.3, -0.25) is 0 Å². The Morgan fingerprint density at radius 2 is 1.68 bits per heavy atom. The number of methoxy groups -OCH3 is 2. The number of phenols is 1. The molecule has 6 N–H and O–H groups in total. The standard InChI is InChI=1S/C26H34O11/c1-33-18-10-14(5-6-17(18)29)24-16(12-35-26-23(32)22(31)21(30)20(11-28)36-26)15-8-13(4-3-7-27)9-19(34-2)25(15)37-24/h5-6,8-10,16,20-24,26-32H,3-4,7,11-12H2,1-2H3/t16?,20-,21-,22+,23-,24?,26-/m1/s1. The third kappa shape index (κ3) is 5.48. The minimum absolute atomic E-state index is 0.0280. The maximum Gasteiger partial charge on any atom is 0.186 e. The van der Waals surface area contributed by atoms with E-state index in [1.807, 2.05) is 12.1 Å². The van der Waals surface area contributed by atoms with E-state index >= 15 is 0 Å². The van der Waals surface area contributed by atoms with Gasteiger partial charge < -0.3 is 54.3 Å². The Labute approximate surface area is 214 Å². The SMILES string of the molecule is COc1cc(C2Oc3c(OC)cc(CCCO)cc3C2CO[C@@H]2O[C@H](CO)[C@@H](O)[C@H](O)[C@H]2O)ccc1O. The largest absolute Gasteiger partial charge is 0.504 e. The molecule has 4 rings (SSSR count). The maximum absolute atomic E-state index is 10.4. The second-order valence-electron chi connectivity index (χ2n) is 9.15. The second-order valence-corrected chi connectivity index (χ2v) is 9.15. The van der Waals surface area contributed by atoms with E-state index in [-0.39, 0.29) is 24.7 Å². The monoisotopic (exact) mass is 522 g/mol. The first-order valence-corrected chi connectivity index (χ1v) is 12.1. The zero-order chi connectivity index (χ0) is 26.7. The Bertz CT molecular complexity index is 1060. The molecule has 0 aliphatic carbocycles. The summed E-state index contributed by atoms with van der Waals surface area (Å²) in [6, 6.07) is 8.66. The van der Waals surface area contributed by atoms with E-state index in [0.29, 0.717) is 29.9 Å². The number of aromatic hydroxyl groups is 1. The van der Waals surface area contributed by atoms with Gasteiger partial charge in [0.1, 0.15) is 30.5 Å². The Balaban J connectivity index is 1.68. The minimum atomic E-state index is -1.56. The summed E-state index contributed by atoms with van der Waals surface area (Å²) in [7, 11) is 2.98. The molecule has 0 saturated carbocycles. The Morgan fingerprint density at radius 3 is 2.35 bits per heavy atom. The molecule has 0 amide bonds. The summed E-state index contributed by atoms with van der Waals surface area (Å²) in [5, 5.41) is 59.5. The number of hydrogen-bond acceptors (Lipinski definition) is 11. The number of hydrogen-bond donors (Lipinski definition) is 6. The van der Waals surface area contributed by atoms with Crippen LogP contribution in [-0.2, 0) is 15.9 Å². The molecule has 2 aromatic rings. The molecule has 2 heterocycles. The van der Waals surface area contributed by atoms with Gasteiger partial charge in [-0.05, 0) is 42.2 Å². The van der Waals surface area contributed by atoms with E-state index < -0.39 is 49.3 Å². The van der Waals surface area contributed by atoms with Gasteiger partial charge in [0.05, 0.1) is 33.4 Å². The fourth-order valence-corrected chi connectivity index (χ4v) is 4.79. The van der Waals surface area contributed by atoms with E-state index in [0.717, 1.165) is 11.1 Å². The third-order valence-corrected chi connectivity index (χ3v) is 6.82. The highest BCUT2D eigenvalue weighted by Gasteiger charge is 2.45. The van der Waals surface area contributed by atoms with Crippen LogP contribution in [0.3, 0.4) is 0 Å². The van der Waals surface area contributed by atoms with Crippen molar-refractivity contribution < 1.29 is 54.3 Å². The van der Waals surface area contributed by atoms with Crippen LogP contribution in [0.2, 0.25) is 0 Å². The molecule has 11 nitrogen and oxygen atoms in total. The molecule has 2 aliphatic rings. The molecule has 1 saturated heterocycles. The van der Waals surface area contributed by atoms with E-state index in [2.05, 4.69) is 0 Å². The van der Waals surface area contributed by atoms with Crippen molar-refractivity contribution in [1.29, 1.82) is 0 Å². The molecule has 204 valence electrons. The summed E-state index contributed by atoms with van der Waals surface area (Å²) < 4.78 is 28.6. The minimum Gasteiger partial charge on any atom is -0.504 e. The average Bonchev–Trinajstić information content (AvgIpc) is 3.28. The van der Waals surface area contributed by atoms with Crippen molar-refractivity contribution in [3.8, 4) is 23.0 Å². The predicted octanol–water partition coefficient (Wildman–Crippen LogP) is 0.368. The number of fused-ring (bicyclic) bond motifs is 1. The van der Waals surface area contributed by atoms with Crippen molar-refractivity contribution >= 4 is 0 Å². The number of aliphatic hydroxyl groups is 5. The highest BCUT2D eigenvalue weighted by Crippen LogP contribution is 2.52. The van der Waals surface area contributed by atoms with E-state index in [4.69, 9.17) is 23.7 Å². The van der Waals surface area contributed by atoms with Gasteiger partial charge in [-0.1, -0.05) is 12.1 Å². The van der Waals surface area contributed by atoms with Crippen LogP contribution in [-0.4, -0.2) is 95.4 Å². The van der Waals surface area contributed by atoms with Crippen LogP contribution in [0.5, 0.6) is 23.0 Å². The topological polar surface area (TPSA) is 168 Å². The molecular weight excluding hydrogens is 488 g/mol. The smallest absolute Gasteiger partial charge is 0.186 e. The highest BCUT2D eigenvalue weighted by molar-refractivity contribution is 5.56. The van der Waals surface area contributed by atoms with Crippen LogP contribution in [0, 0.1) is 0 Å². The second kappa shape index (κ2) is 11.8. The Morgan fingerprint density at radius 1 is 0.919 bits per heavy atom. The van der Waals surface area contributed by atoms with Crippen molar-refractivity contribution in [2.24, 2.45) is 0 Å². The number of rotatable bonds is 10. The lowest BCUT2D eigenvalue weighted by atomic mass is 9.90. The summed E-state index contributed by atoms with van der Waals surface area (Å²) in [5.41, 5.74) is 2.39. The maximum atomic E-state index is 10.4. The van der Waals surface area contributed by atoms with Gasteiger partial charge in [0, 0.05) is 12.2 Å². The van der Waals surface area contributed by atoms with Crippen LogP contribution >= 0.6 is 0 Å². The highest BCUT2D eigenvalue weighted by atomic mass is 16.7. The van der Waals surface area contributed by atoms with Crippen LogP contribution in [0.1, 0.15) is 35.1 Å². The van der Waals surface area contributed by atoms with Gasteiger partial charge in [-0.25, -0.2) is 0 Å². The van der Waals surface area contributed by atoms with Crippen molar-refractivity contribution in [2.75, 3.05) is 34.0 Å². The van der Waals surface area contributed by atoms with E-state index in [1.54, 1.807) is 12.1 Å². The Kier molecular flexibility index (Phi) is 8.75. The van der Waals surface area contributed by atoms with Gasteiger partial charge in [-0.15, -0.1) is 0 Å². The van der Waals surface area contributed by atoms with Crippen LogP contribution in [0.25, 0.3) is 0 Å². The predicted molar refractivity (Wildman–Crippen MR) is 129 cm³/mol. The Hall–Kier alpha value is -2.64. The lowest BCUT2D eigenvalue weighted by Crippen LogP contribution is -2.59. The van der Waals surface area contributed by atoms with Crippen molar-refractivity contribution in [3.63, 3.8) is 0 Å². The first kappa shape index (κ1) is 27.4. The van der Waals surface area contributed by atoms with Crippen LogP contribution in [0.4, 0.5) is 0 Å². The molecule has 37 heavy (non-hydrogen) atoms. The quantitative estimate of drug-likeness (QED) is 0.255. The molecule has 2 aliphatic heterocycles. The van der Waals surface area contributed by atoms with E-state index in [9.17, 15) is 30.6 Å². The van der Waals surface area contributed by atoms with Crippen molar-refractivity contribution in [3.05, 3.63) is 47.0 Å². The van der Waals surface area contributed by atoms with Crippen LogP contribution < -0.4 is 14.2 Å². The lowest BCUT2D eigenvalue weighted by Gasteiger charge is -2.40. The van der Waals surface area contributed by atoms with E-state index in [1.165, 1.54) is 20.3 Å². The summed E-state index contributed by atoms with van der Waals surface area (Å²) in [6.07, 6.45) is -6.44. The molecule has 0 aromatic heterocycles. The summed E-state index contributed by atoms with van der Waals surface area (Å²) in [5.74, 6) is 0.812. The number of aryl methyl sites for hydroxylation is 1. The molecule has 2 aromatic carbocycles. The lowest BCUT2D eigenvalue weighted by molar-refractivity contribution is -0.302. The fraction of sp³-hybridized carbons (Fsp3) is 0.538. The summed E-state index contributed by atoms with van der Waals surface area (Å²) in [4.78, 5) is 0. The van der Waals surface area contributed by atoms with Gasteiger partial charge in [0.25, 0.3) is 0 Å². The number of phenolic OH excluding ortho intramolecular Hbond substituents is 1. The molecule has 1 fully saturated rings. The molecule has 7 atom stereocenters. The van der Waals surface area contributed by atoms with Crippen molar-refractivity contribution in [2.45, 2.75) is 55.6 Å². The average molecular weight is 523 g/mol. The molecule has 0 bridgehead atoms. The molecular formula is C26H34O11. The normalized spacial score (nSPS) is 29.0. The van der Waals surface area contributed by atoms with Gasteiger partial charge in [0.2, 0.25) is 0 Å². The third-order valence-electron chi connectivity index (χ3n) is 6.82. The van der Waals surface area contributed by atoms with Crippen molar-refractivity contribution in [1.82, 2.24) is 0 Å². The van der Waals surface area contributed by atoms with Crippen LogP contribution in [0.15, 0.2) is 30.3 Å². The molecule has 11 heteroatoms. The molecule has 2 unspecified atom stereocenters. The molecule has 0 radical (unpaired) electrons. The fourth-order valence-electron chi connectivity index (χ4n) is 4.79. The summed E-state index contributed by atoms with van der Waals surface area (Å²) >= 11 is 0. The number of ether oxygens (including phenoxy) is 5. The zero-order valence-electron chi connectivity index (χ0n) is 20.7. The first-order chi connectivity index (χ1) is 17.8. The number of benzene rings is 2.